The van der Waals surface area contributed by atoms with Crippen LogP contribution in [0.3, 0.4) is 0 Å². The van der Waals surface area contributed by atoms with E-state index in [-0.39, 0.29) is 0 Å². The van der Waals surface area contributed by atoms with E-state index < -0.39 is 0 Å². The van der Waals surface area contributed by atoms with Crippen molar-refractivity contribution in [1.29, 1.82) is 0 Å². The van der Waals surface area contributed by atoms with Crippen molar-refractivity contribution in [2.24, 2.45) is 0 Å². The largest absolute Gasteiger partial charge is 0.224 e. The van der Waals surface area contributed by atoms with E-state index in [0.717, 1.165) is 17.7 Å². The lowest BCUT2D eigenvalue weighted by atomic mass is 10.1. The van der Waals surface area contributed by atoms with Crippen LogP contribution in [0.1, 0.15) is 25.0 Å². The standard InChI is InChI=1S/C21H25N2/c1-19(2)22-15-9-10-16-23(22,17-20-11-5-3-6-12-20)18-21-13-7-4-8-14-21/h3-16,19H,17-18H2,1-2H3/q+1. The number of benzene rings is 2. The van der Waals surface area contributed by atoms with Gasteiger partial charge in [-0.3, -0.25) is 0 Å². The van der Waals surface area contributed by atoms with Crippen LogP contribution >= 0.6 is 0 Å². The van der Waals surface area contributed by atoms with E-state index in [1.807, 2.05) is 0 Å². The molecule has 1 aliphatic rings. The summed E-state index contributed by atoms with van der Waals surface area (Å²) in [7, 11) is 0. The molecule has 0 fully saturated rings. The van der Waals surface area contributed by atoms with Crippen LogP contribution in [0.2, 0.25) is 0 Å². The summed E-state index contributed by atoms with van der Waals surface area (Å²) in [6.07, 6.45) is 8.84. The van der Waals surface area contributed by atoms with Gasteiger partial charge in [0.25, 0.3) is 0 Å². The summed E-state index contributed by atoms with van der Waals surface area (Å²) in [4.78, 5) is 0. The Hall–Kier alpha value is -2.32. The van der Waals surface area contributed by atoms with E-state index in [9.17, 15) is 0 Å². The normalized spacial score (nSPS) is 16.0. The highest BCUT2D eigenvalue weighted by Crippen LogP contribution is 2.28. The summed E-state index contributed by atoms with van der Waals surface area (Å²) in [6.45, 7) is 6.42. The first-order valence-corrected chi connectivity index (χ1v) is 8.29. The van der Waals surface area contributed by atoms with Crippen LogP contribution in [-0.2, 0) is 13.1 Å². The molecule has 0 atom stereocenters. The fourth-order valence-electron chi connectivity index (χ4n) is 3.31. The molecule has 0 spiro atoms. The van der Waals surface area contributed by atoms with Crippen molar-refractivity contribution in [1.82, 2.24) is 5.01 Å². The van der Waals surface area contributed by atoms with Gasteiger partial charge in [0.05, 0.1) is 12.2 Å². The van der Waals surface area contributed by atoms with Gasteiger partial charge in [0.1, 0.15) is 19.3 Å². The van der Waals surface area contributed by atoms with Crippen LogP contribution in [0.4, 0.5) is 0 Å². The average molecular weight is 305 g/mol. The molecule has 2 heteroatoms. The molecule has 0 radical (unpaired) electrons. The van der Waals surface area contributed by atoms with Crippen molar-refractivity contribution in [2.45, 2.75) is 33.0 Å². The Balaban J connectivity index is 1.98. The van der Waals surface area contributed by atoms with Crippen molar-refractivity contribution >= 4 is 0 Å². The second-order valence-electron chi connectivity index (χ2n) is 6.43. The highest BCUT2D eigenvalue weighted by molar-refractivity contribution is 5.16. The zero-order chi connectivity index (χ0) is 16.1. The molecule has 0 N–H and O–H groups in total. The molecular weight excluding hydrogens is 280 g/mol. The van der Waals surface area contributed by atoms with E-state index in [1.165, 1.54) is 11.1 Å². The predicted octanol–water partition coefficient (Wildman–Crippen LogP) is 4.87. The molecule has 1 aliphatic heterocycles. The number of allylic oxidation sites excluding steroid dienone is 2. The Morgan fingerprint density at radius 3 is 1.78 bits per heavy atom. The zero-order valence-electron chi connectivity index (χ0n) is 14.0. The van der Waals surface area contributed by atoms with Crippen molar-refractivity contribution < 1.29 is 4.59 Å². The maximum absolute atomic E-state index is 2.44. The van der Waals surface area contributed by atoms with Gasteiger partial charge in [-0.05, 0) is 26.0 Å². The molecule has 0 unspecified atom stereocenters. The van der Waals surface area contributed by atoms with Crippen molar-refractivity contribution in [2.75, 3.05) is 0 Å². The molecule has 0 aromatic heterocycles. The van der Waals surface area contributed by atoms with Gasteiger partial charge in [0.2, 0.25) is 0 Å². The summed E-state index contributed by atoms with van der Waals surface area (Å²) in [5, 5.41) is 2.44. The quantitative estimate of drug-likeness (QED) is 0.712. The molecule has 2 nitrogen and oxygen atoms in total. The Kier molecular flexibility index (Phi) is 4.63. The average Bonchev–Trinajstić information content (AvgIpc) is 2.57. The van der Waals surface area contributed by atoms with Gasteiger partial charge in [-0.25, -0.2) is 5.01 Å². The lowest BCUT2D eigenvalue weighted by Crippen LogP contribution is -2.56. The summed E-state index contributed by atoms with van der Waals surface area (Å²) < 4.78 is 0.794. The maximum Gasteiger partial charge on any atom is 0.132 e. The minimum atomic E-state index is 0.434. The van der Waals surface area contributed by atoms with Crippen molar-refractivity contribution in [3.05, 3.63) is 96.3 Å². The Labute approximate surface area is 139 Å². The van der Waals surface area contributed by atoms with Crippen LogP contribution in [0, 0.1) is 0 Å². The first kappa shape index (κ1) is 15.6. The highest BCUT2D eigenvalue weighted by Gasteiger charge is 2.35. The third kappa shape index (κ3) is 3.54. The third-order valence-electron chi connectivity index (χ3n) is 4.30. The number of rotatable bonds is 5. The van der Waals surface area contributed by atoms with Gasteiger partial charge in [0, 0.05) is 11.1 Å². The van der Waals surface area contributed by atoms with Crippen molar-refractivity contribution in [3.8, 4) is 0 Å². The molecule has 0 saturated carbocycles. The molecule has 1 heterocycles. The topological polar surface area (TPSA) is 3.24 Å². The van der Waals surface area contributed by atoms with Crippen LogP contribution in [0.5, 0.6) is 0 Å². The fraction of sp³-hybridized carbons (Fsp3) is 0.238. The first-order chi connectivity index (χ1) is 11.2. The molecule has 2 aromatic carbocycles. The van der Waals surface area contributed by atoms with Gasteiger partial charge < -0.3 is 0 Å². The van der Waals surface area contributed by atoms with E-state index in [1.54, 1.807) is 0 Å². The Bertz CT molecular complexity index is 630. The molecule has 118 valence electrons. The van der Waals surface area contributed by atoms with Crippen LogP contribution in [-0.4, -0.2) is 15.6 Å². The zero-order valence-corrected chi connectivity index (χ0v) is 14.0. The van der Waals surface area contributed by atoms with Gasteiger partial charge in [-0.2, -0.15) is 4.59 Å². The maximum atomic E-state index is 2.44. The van der Waals surface area contributed by atoms with E-state index in [2.05, 4.69) is 104 Å². The minimum Gasteiger partial charge on any atom is -0.224 e. The molecule has 23 heavy (non-hydrogen) atoms. The molecule has 3 rings (SSSR count). The van der Waals surface area contributed by atoms with E-state index in [0.29, 0.717) is 6.04 Å². The van der Waals surface area contributed by atoms with Gasteiger partial charge in [0.15, 0.2) is 0 Å². The number of nitrogens with zero attached hydrogens (tertiary/aromatic N) is 2. The lowest BCUT2D eigenvalue weighted by molar-refractivity contribution is -1.01. The minimum absolute atomic E-state index is 0.434. The number of quaternary nitrogens is 1. The van der Waals surface area contributed by atoms with Crippen LogP contribution < -0.4 is 0 Å². The second kappa shape index (κ2) is 6.84. The number of hydrogen-bond acceptors (Lipinski definition) is 1. The summed E-state index contributed by atoms with van der Waals surface area (Å²) in [5.41, 5.74) is 2.71. The smallest absolute Gasteiger partial charge is 0.132 e. The molecule has 0 bridgehead atoms. The Morgan fingerprint density at radius 2 is 1.30 bits per heavy atom. The SMILES string of the molecule is CC(C)N1C=CC=C[N+]1(Cc1ccccc1)Cc1ccccc1. The summed E-state index contributed by atoms with van der Waals surface area (Å²) in [6, 6.07) is 22.0. The second-order valence-corrected chi connectivity index (χ2v) is 6.43. The third-order valence-corrected chi connectivity index (χ3v) is 4.30. The van der Waals surface area contributed by atoms with Crippen molar-refractivity contribution in [3.63, 3.8) is 0 Å². The Morgan fingerprint density at radius 1 is 0.783 bits per heavy atom. The van der Waals surface area contributed by atoms with Crippen LogP contribution in [0.25, 0.3) is 0 Å². The number of hydrogen-bond donors (Lipinski definition) is 0. The molecule has 0 amide bonds. The fourth-order valence-corrected chi connectivity index (χ4v) is 3.31. The van der Waals surface area contributed by atoms with E-state index >= 15 is 0 Å². The van der Waals surface area contributed by atoms with Gasteiger partial charge in [-0.1, -0.05) is 60.7 Å². The molecule has 2 aromatic rings. The predicted molar refractivity (Wildman–Crippen MR) is 95.8 cm³/mol. The lowest BCUT2D eigenvalue weighted by Gasteiger charge is -2.46. The van der Waals surface area contributed by atoms with Gasteiger partial charge >= 0.3 is 0 Å². The highest BCUT2D eigenvalue weighted by atomic mass is 15.7. The van der Waals surface area contributed by atoms with Crippen LogP contribution in [0.15, 0.2) is 85.2 Å². The molecule has 0 aliphatic carbocycles. The first-order valence-electron chi connectivity index (χ1n) is 8.29. The molecular formula is C21H25N2+. The monoisotopic (exact) mass is 305 g/mol. The van der Waals surface area contributed by atoms with E-state index in [4.69, 9.17) is 0 Å². The van der Waals surface area contributed by atoms with Gasteiger partial charge in [-0.15, -0.1) is 0 Å². The summed E-state index contributed by atoms with van der Waals surface area (Å²) >= 11 is 0. The molecule has 0 saturated heterocycles. The summed E-state index contributed by atoms with van der Waals surface area (Å²) in [5.74, 6) is 0.